The summed E-state index contributed by atoms with van der Waals surface area (Å²) in [5.41, 5.74) is 0. The molecule has 0 rings (SSSR count). The van der Waals surface area contributed by atoms with Gasteiger partial charge in [0.2, 0.25) is 5.91 Å². The summed E-state index contributed by atoms with van der Waals surface area (Å²) in [6.07, 6.45) is 20.9. The van der Waals surface area contributed by atoms with Crippen molar-refractivity contribution in [1.29, 1.82) is 0 Å². The lowest BCUT2D eigenvalue weighted by Gasteiger charge is -2.16. The zero-order valence-corrected chi connectivity index (χ0v) is 18.3. The van der Waals surface area contributed by atoms with Gasteiger partial charge in [0.1, 0.15) is 0 Å². The number of unbranched alkanes of at least 4 members (excludes halogenated alkanes) is 12. The molecule has 0 saturated heterocycles. The van der Waals surface area contributed by atoms with E-state index in [1.807, 2.05) is 6.92 Å². The third-order valence-corrected chi connectivity index (χ3v) is 5.16. The van der Waals surface area contributed by atoms with Gasteiger partial charge in [-0.2, -0.15) is 0 Å². The fraction of sp³-hybridized carbons (Fsp3) is 0.957. The van der Waals surface area contributed by atoms with Gasteiger partial charge in [-0.05, 0) is 45.8 Å². The van der Waals surface area contributed by atoms with E-state index in [1.54, 1.807) is 0 Å². The van der Waals surface area contributed by atoms with Crippen LogP contribution in [-0.4, -0.2) is 37.5 Å². The number of nitrogens with one attached hydrogen (secondary N) is 1. The lowest BCUT2D eigenvalue weighted by molar-refractivity contribution is -0.121. The average molecular weight is 369 g/mol. The molecule has 0 aliphatic rings. The van der Waals surface area contributed by atoms with Crippen molar-refractivity contribution in [2.75, 3.05) is 26.7 Å². The maximum atomic E-state index is 11.4. The minimum absolute atomic E-state index is 0.206. The van der Waals surface area contributed by atoms with Crippen molar-refractivity contribution in [2.45, 2.75) is 117 Å². The van der Waals surface area contributed by atoms with Crippen molar-refractivity contribution in [3.05, 3.63) is 0 Å². The number of amides is 1. The molecule has 0 aromatic rings. The molecule has 0 spiro atoms. The van der Waals surface area contributed by atoms with E-state index < -0.39 is 0 Å². The van der Waals surface area contributed by atoms with Crippen LogP contribution in [0.1, 0.15) is 117 Å². The van der Waals surface area contributed by atoms with Crippen LogP contribution in [0, 0.1) is 0 Å². The Kier molecular flexibility index (Phi) is 20.3. The number of hydrogen-bond donors (Lipinski definition) is 1. The molecule has 0 bridgehead atoms. The quantitative estimate of drug-likeness (QED) is 0.255. The van der Waals surface area contributed by atoms with Gasteiger partial charge < -0.3 is 10.2 Å². The fourth-order valence-corrected chi connectivity index (χ4v) is 3.38. The van der Waals surface area contributed by atoms with Gasteiger partial charge in [0.25, 0.3) is 0 Å². The maximum Gasteiger partial charge on any atom is 0.219 e. The highest BCUT2D eigenvalue weighted by Crippen LogP contribution is 2.12. The molecule has 0 heterocycles. The summed E-state index contributed by atoms with van der Waals surface area (Å²) >= 11 is 0. The van der Waals surface area contributed by atoms with E-state index in [4.69, 9.17) is 0 Å². The molecule has 0 radical (unpaired) electrons. The van der Waals surface area contributed by atoms with Crippen LogP contribution >= 0.6 is 0 Å². The van der Waals surface area contributed by atoms with Crippen LogP contribution in [-0.2, 0) is 4.79 Å². The standard InChI is InChI=1S/C23H48N2O/c1-4-6-7-8-9-10-11-12-13-14-15-17-21-25(3)22-18-16-20-24-23(26)19-5-2/h4-22H2,1-3H3,(H,24,26). The Balaban J connectivity index is 3.19. The van der Waals surface area contributed by atoms with Gasteiger partial charge in [-0.15, -0.1) is 0 Å². The fourth-order valence-electron chi connectivity index (χ4n) is 3.38. The lowest BCUT2D eigenvalue weighted by Crippen LogP contribution is -2.25. The normalized spacial score (nSPS) is 11.2. The zero-order valence-electron chi connectivity index (χ0n) is 18.3. The van der Waals surface area contributed by atoms with Gasteiger partial charge in [-0.1, -0.05) is 84.5 Å². The molecule has 1 amide bonds. The zero-order chi connectivity index (χ0) is 19.3. The van der Waals surface area contributed by atoms with Gasteiger partial charge in [-0.3, -0.25) is 4.79 Å². The third kappa shape index (κ3) is 19.8. The Bertz CT molecular complexity index is 294. The van der Waals surface area contributed by atoms with Crippen LogP contribution in [0.5, 0.6) is 0 Å². The molecular formula is C23H48N2O. The van der Waals surface area contributed by atoms with Gasteiger partial charge in [0, 0.05) is 13.0 Å². The van der Waals surface area contributed by atoms with Crippen LogP contribution in [0.15, 0.2) is 0 Å². The van der Waals surface area contributed by atoms with Crippen molar-refractivity contribution in [3.8, 4) is 0 Å². The minimum Gasteiger partial charge on any atom is -0.356 e. The topological polar surface area (TPSA) is 32.3 Å². The molecule has 0 saturated carbocycles. The number of hydrogen-bond acceptors (Lipinski definition) is 2. The second-order valence-corrected chi connectivity index (χ2v) is 8.00. The highest BCUT2D eigenvalue weighted by atomic mass is 16.1. The van der Waals surface area contributed by atoms with Crippen molar-refractivity contribution in [3.63, 3.8) is 0 Å². The maximum absolute atomic E-state index is 11.4. The molecule has 0 aromatic heterocycles. The molecule has 1 N–H and O–H groups in total. The second kappa shape index (κ2) is 20.7. The Labute approximate surface area is 164 Å². The van der Waals surface area contributed by atoms with E-state index in [1.165, 1.54) is 90.0 Å². The lowest BCUT2D eigenvalue weighted by atomic mass is 10.1. The predicted molar refractivity (Wildman–Crippen MR) is 116 cm³/mol. The number of carbonyl (C=O) groups is 1. The first kappa shape index (κ1) is 25.4. The summed E-state index contributed by atoms with van der Waals surface area (Å²) in [6.45, 7) is 7.55. The van der Waals surface area contributed by atoms with E-state index in [0.29, 0.717) is 6.42 Å². The first-order chi connectivity index (χ1) is 12.7. The van der Waals surface area contributed by atoms with Crippen LogP contribution in [0.2, 0.25) is 0 Å². The molecule has 0 unspecified atom stereocenters. The number of rotatable bonds is 20. The van der Waals surface area contributed by atoms with Crippen molar-refractivity contribution < 1.29 is 4.79 Å². The van der Waals surface area contributed by atoms with E-state index in [0.717, 1.165) is 25.9 Å². The van der Waals surface area contributed by atoms with Crippen LogP contribution < -0.4 is 5.32 Å². The first-order valence-corrected chi connectivity index (χ1v) is 11.7. The molecular weight excluding hydrogens is 320 g/mol. The highest BCUT2D eigenvalue weighted by molar-refractivity contribution is 5.75. The monoisotopic (exact) mass is 368 g/mol. The van der Waals surface area contributed by atoms with Gasteiger partial charge in [0.05, 0.1) is 0 Å². The third-order valence-electron chi connectivity index (χ3n) is 5.16. The molecule has 3 heteroatoms. The van der Waals surface area contributed by atoms with E-state index in [2.05, 4.69) is 24.2 Å². The Morgan fingerprint density at radius 1 is 0.654 bits per heavy atom. The van der Waals surface area contributed by atoms with E-state index >= 15 is 0 Å². The molecule has 0 aromatic carbocycles. The largest absolute Gasteiger partial charge is 0.356 e. The second-order valence-electron chi connectivity index (χ2n) is 8.00. The Morgan fingerprint density at radius 2 is 1.12 bits per heavy atom. The number of nitrogens with zero attached hydrogens (tertiary/aromatic N) is 1. The Morgan fingerprint density at radius 3 is 1.62 bits per heavy atom. The minimum atomic E-state index is 0.206. The van der Waals surface area contributed by atoms with Gasteiger partial charge in [-0.25, -0.2) is 0 Å². The first-order valence-electron chi connectivity index (χ1n) is 11.7. The molecule has 26 heavy (non-hydrogen) atoms. The predicted octanol–water partition coefficient (Wildman–Crippen LogP) is 6.32. The SMILES string of the molecule is CCCCCCCCCCCCCCN(C)CCCCNC(=O)CCC. The van der Waals surface area contributed by atoms with Crippen molar-refractivity contribution in [1.82, 2.24) is 10.2 Å². The molecule has 0 atom stereocenters. The van der Waals surface area contributed by atoms with Crippen molar-refractivity contribution >= 4 is 5.91 Å². The van der Waals surface area contributed by atoms with Crippen LogP contribution in [0.4, 0.5) is 0 Å². The molecule has 0 fully saturated rings. The van der Waals surface area contributed by atoms with Gasteiger partial charge >= 0.3 is 0 Å². The van der Waals surface area contributed by atoms with E-state index in [9.17, 15) is 4.79 Å². The molecule has 156 valence electrons. The summed E-state index contributed by atoms with van der Waals surface area (Å²) in [5.74, 6) is 0.206. The summed E-state index contributed by atoms with van der Waals surface area (Å²) in [4.78, 5) is 13.8. The molecule has 0 aliphatic heterocycles. The highest BCUT2D eigenvalue weighted by Gasteiger charge is 2.00. The molecule has 0 aliphatic carbocycles. The Hall–Kier alpha value is -0.570. The smallest absolute Gasteiger partial charge is 0.219 e. The van der Waals surface area contributed by atoms with E-state index in [-0.39, 0.29) is 5.91 Å². The van der Waals surface area contributed by atoms with Gasteiger partial charge in [0.15, 0.2) is 0 Å². The summed E-state index contributed by atoms with van der Waals surface area (Å²) in [6, 6.07) is 0. The van der Waals surface area contributed by atoms with Crippen LogP contribution in [0.3, 0.4) is 0 Å². The summed E-state index contributed by atoms with van der Waals surface area (Å²) in [5, 5.41) is 2.99. The summed E-state index contributed by atoms with van der Waals surface area (Å²) in [7, 11) is 2.23. The molecule has 3 nitrogen and oxygen atoms in total. The summed E-state index contributed by atoms with van der Waals surface area (Å²) < 4.78 is 0. The number of carbonyl (C=O) groups excluding carboxylic acids is 1. The van der Waals surface area contributed by atoms with Crippen molar-refractivity contribution in [2.24, 2.45) is 0 Å². The van der Waals surface area contributed by atoms with Crippen LogP contribution in [0.25, 0.3) is 0 Å². The average Bonchev–Trinajstić information content (AvgIpc) is 2.62.